The van der Waals surface area contributed by atoms with Crippen molar-refractivity contribution in [2.45, 2.75) is 106 Å². The van der Waals surface area contributed by atoms with Gasteiger partial charge in [0.15, 0.2) is 0 Å². The predicted octanol–water partition coefficient (Wildman–Crippen LogP) is 3.20. The van der Waals surface area contributed by atoms with E-state index in [1.54, 1.807) is 23.1 Å². The van der Waals surface area contributed by atoms with E-state index in [2.05, 4.69) is 27.3 Å². The molecule has 2 aliphatic heterocycles. The van der Waals surface area contributed by atoms with E-state index >= 15 is 0 Å². The Kier molecular flexibility index (Phi) is 9.31. The number of nitrogens with zero attached hydrogens (tertiary/aromatic N) is 1. The summed E-state index contributed by atoms with van der Waals surface area (Å²) < 4.78 is 34.8. The van der Waals surface area contributed by atoms with Crippen molar-refractivity contribution in [3.63, 3.8) is 0 Å². The van der Waals surface area contributed by atoms with Gasteiger partial charge in [-0.3, -0.25) is 14.4 Å². The maximum absolute atomic E-state index is 14.0. The van der Waals surface area contributed by atoms with Crippen molar-refractivity contribution in [2.75, 3.05) is 18.4 Å². The lowest BCUT2D eigenvalue weighted by Crippen LogP contribution is -2.59. The van der Waals surface area contributed by atoms with Gasteiger partial charge in [-0.1, -0.05) is 43.9 Å². The smallest absolute Gasteiger partial charge is 0.408 e. The molecule has 0 radical (unpaired) electrons. The minimum Gasteiger partial charge on any atom is -0.446 e. The number of sulfonamides is 1. The number of ether oxygens (including phenoxy) is 1. The highest BCUT2D eigenvalue weighted by Gasteiger charge is 2.64. The second kappa shape index (κ2) is 13.2. The van der Waals surface area contributed by atoms with Crippen molar-refractivity contribution in [3.05, 3.63) is 36.9 Å². The van der Waals surface area contributed by atoms with Gasteiger partial charge in [0.1, 0.15) is 28.6 Å². The van der Waals surface area contributed by atoms with E-state index in [0.29, 0.717) is 31.6 Å². The highest BCUT2D eigenvalue weighted by atomic mass is 32.2. The van der Waals surface area contributed by atoms with Gasteiger partial charge in [0.2, 0.25) is 11.8 Å². The van der Waals surface area contributed by atoms with Crippen LogP contribution >= 0.6 is 0 Å². The molecule has 6 atom stereocenters. The first kappa shape index (κ1) is 32.3. The molecule has 1 aromatic rings. The van der Waals surface area contributed by atoms with Crippen LogP contribution in [0.1, 0.15) is 77.0 Å². The number of fused-ring (bicyclic) bond motifs is 4. The summed E-state index contributed by atoms with van der Waals surface area (Å²) in [6.45, 7) is 4.71. The van der Waals surface area contributed by atoms with E-state index in [-0.39, 0.29) is 35.2 Å². The number of carbonyl (C=O) groups excluding carboxylic acids is 4. The standard InChI is InChI=1S/C33H45N5O7S/c1-2-22-19-33(22)31(41)37-46(43,44)27-16-10-9-14-25(27)34-17-11-5-3-4-6-15-26(35-32(42)45-23-12-7-8-13-23)30(40)38-20-21-18-24(21)28(38)29(39)36-33/h2,9-10,14,16,21-24,26,28,34H,1,3-8,11-13,15,17-20H2,(H,35,42)(H,36,39)(H,37,41)/t21?,22-,24?,26+,28+,33-/m1/s1. The molecule has 4 amide bonds. The number of nitrogens with one attached hydrogen (secondary N) is 4. The number of carbonyl (C=O) groups is 4. The second-order valence-corrected chi connectivity index (χ2v) is 15.2. The number of alkyl carbamates (subject to hydrolysis) is 1. The van der Waals surface area contributed by atoms with Gasteiger partial charge in [-0.2, -0.15) is 0 Å². The number of rotatable bonds is 3. The molecule has 1 aromatic carbocycles. The molecule has 2 heterocycles. The van der Waals surface area contributed by atoms with Crippen LogP contribution in [0.25, 0.3) is 0 Å². The van der Waals surface area contributed by atoms with Gasteiger partial charge in [0, 0.05) is 19.0 Å². The lowest BCUT2D eigenvalue weighted by Gasteiger charge is -2.32. The van der Waals surface area contributed by atoms with Crippen molar-refractivity contribution >= 4 is 39.5 Å². The molecular weight excluding hydrogens is 610 g/mol. The predicted molar refractivity (Wildman–Crippen MR) is 170 cm³/mol. The van der Waals surface area contributed by atoms with E-state index < -0.39 is 51.5 Å². The Morgan fingerprint density at radius 2 is 1.74 bits per heavy atom. The fourth-order valence-corrected chi connectivity index (χ4v) is 8.71. The fraction of sp³-hybridized carbons (Fsp3) is 0.636. The third kappa shape index (κ3) is 6.74. The maximum Gasteiger partial charge on any atom is 0.408 e. The number of benzene rings is 1. The molecule has 4 fully saturated rings. The molecule has 3 saturated carbocycles. The summed E-state index contributed by atoms with van der Waals surface area (Å²) in [4.78, 5) is 56.0. The van der Waals surface area contributed by atoms with Crippen LogP contribution in [0, 0.1) is 17.8 Å². The van der Waals surface area contributed by atoms with Crippen molar-refractivity contribution in [1.29, 1.82) is 0 Å². The van der Waals surface area contributed by atoms with Crippen LogP contribution < -0.4 is 20.7 Å². The van der Waals surface area contributed by atoms with E-state index in [1.165, 1.54) is 12.1 Å². The summed E-state index contributed by atoms with van der Waals surface area (Å²) >= 11 is 0. The van der Waals surface area contributed by atoms with Crippen LogP contribution in [0.3, 0.4) is 0 Å². The molecule has 6 rings (SSSR count). The van der Waals surface area contributed by atoms with Crippen LogP contribution in [-0.4, -0.2) is 73.9 Å². The summed E-state index contributed by atoms with van der Waals surface area (Å²) in [6.07, 6.45) is 9.95. The molecule has 4 N–H and O–H groups in total. The Balaban J connectivity index is 1.25. The fourth-order valence-electron chi connectivity index (χ4n) is 7.49. The topological polar surface area (TPSA) is 163 Å². The Labute approximate surface area is 270 Å². The zero-order valence-electron chi connectivity index (χ0n) is 26.2. The van der Waals surface area contributed by atoms with Gasteiger partial charge in [-0.05, 0) is 75.3 Å². The molecule has 2 unspecified atom stereocenters. The summed E-state index contributed by atoms with van der Waals surface area (Å²) in [6, 6.07) is 4.76. The normalized spacial score (nSPS) is 33.3. The zero-order chi connectivity index (χ0) is 32.5. The molecule has 12 nitrogen and oxygen atoms in total. The summed E-state index contributed by atoms with van der Waals surface area (Å²) in [5.41, 5.74) is -1.11. The molecule has 0 bridgehead atoms. The summed E-state index contributed by atoms with van der Waals surface area (Å²) in [5, 5.41) is 8.86. The quantitative estimate of drug-likeness (QED) is 0.361. The lowest BCUT2D eigenvalue weighted by molar-refractivity contribution is -0.142. The Morgan fingerprint density at radius 1 is 1.02 bits per heavy atom. The molecule has 0 aromatic heterocycles. The molecule has 5 aliphatic rings. The highest BCUT2D eigenvalue weighted by molar-refractivity contribution is 7.90. The zero-order valence-corrected chi connectivity index (χ0v) is 27.0. The van der Waals surface area contributed by atoms with Crippen molar-refractivity contribution in [1.82, 2.24) is 20.3 Å². The van der Waals surface area contributed by atoms with E-state index in [9.17, 15) is 27.6 Å². The Bertz CT molecular complexity index is 1480. The van der Waals surface area contributed by atoms with Gasteiger partial charge in [0.25, 0.3) is 15.9 Å². The van der Waals surface area contributed by atoms with Gasteiger partial charge >= 0.3 is 6.09 Å². The van der Waals surface area contributed by atoms with Crippen LogP contribution in [0.4, 0.5) is 10.5 Å². The third-order valence-corrected chi connectivity index (χ3v) is 11.7. The summed E-state index contributed by atoms with van der Waals surface area (Å²) in [5.74, 6) is -2.04. The molecule has 1 spiro atoms. The Morgan fingerprint density at radius 3 is 2.50 bits per heavy atom. The molecule has 1 saturated heterocycles. The van der Waals surface area contributed by atoms with E-state index in [1.807, 2.05) is 0 Å². The van der Waals surface area contributed by atoms with Crippen molar-refractivity contribution < 1.29 is 32.3 Å². The number of amides is 4. The first-order valence-corrected chi connectivity index (χ1v) is 18.2. The maximum atomic E-state index is 14.0. The number of hydrogen-bond acceptors (Lipinski definition) is 8. The van der Waals surface area contributed by atoms with Gasteiger partial charge in [-0.15, -0.1) is 6.58 Å². The average Bonchev–Trinajstić information content (AvgIpc) is 3.83. The minimum absolute atomic E-state index is 0.0478. The average molecular weight is 656 g/mol. The van der Waals surface area contributed by atoms with Crippen LogP contribution in [0.5, 0.6) is 0 Å². The molecular formula is C33H45N5O7S. The monoisotopic (exact) mass is 655 g/mol. The van der Waals surface area contributed by atoms with E-state index in [0.717, 1.165) is 57.8 Å². The van der Waals surface area contributed by atoms with Crippen molar-refractivity contribution in [3.8, 4) is 0 Å². The molecule has 250 valence electrons. The number of hydrogen-bond donors (Lipinski definition) is 4. The minimum atomic E-state index is -4.28. The Hall–Kier alpha value is -3.61. The van der Waals surface area contributed by atoms with E-state index in [4.69, 9.17) is 4.74 Å². The number of piperidine rings is 1. The molecule has 46 heavy (non-hydrogen) atoms. The largest absolute Gasteiger partial charge is 0.446 e. The third-order valence-electron chi connectivity index (χ3n) is 10.3. The second-order valence-electron chi connectivity index (χ2n) is 13.5. The van der Waals surface area contributed by atoms with Crippen LogP contribution in [-0.2, 0) is 29.1 Å². The van der Waals surface area contributed by atoms with Crippen LogP contribution in [0.15, 0.2) is 41.8 Å². The highest BCUT2D eigenvalue weighted by Crippen LogP contribution is 2.51. The first-order chi connectivity index (χ1) is 22.1. The molecule has 3 aliphatic carbocycles. The first-order valence-electron chi connectivity index (χ1n) is 16.8. The molecule has 13 heteroatoms. The number of anilines is 1. The lowest BCUT2D eigenvalue weighted by atomic mass is 10.0. The van der Waals surface area contributed by atoms with Gasteiger partial charge in [0.05, 0.1) is 5.69 Å². The SMILES string of the molecule is C=C[C@@H]1C[C@@]12NC(=O)[C@@H]1C3CC3CN1C(=O)[C@@H](NC(=O)OC1CCCC1)CCCCCCCNc1ccccc1S(=O)(=O)NC2=O. The van der Waals surface area contributed by atoms with Crippen molar-refractivity contribution in [2.24, 2.45) is 17.8 Å². The van der Waals surface area contributed by atoms with Crippen LogP contribution in [0.2, 0.25) is 0 Å². The van der Waals surface area contributed by atoms with Gasteiger partial charge < -0.3 is 25.6 Å². The number of para-hydroxylation sites is 1. The van der Waals surface area contributed by atoms with Gasteiger partial charge in [-0.25, -0.2) is 17.9 Å². The summed E-state index contributed by atoms with van der Waals surface area (Å²) in [7, 11) is -4.28.